The molecule has 0 aromatic carbocycles. The molecule has 0 aromatic heterocycles. The van der Waals surface area contributed by atoms with Crippen LogP contribution in [0.2, 0.25) is 0 Å². The second-order valence-electron chi connectivity index (χ2n) is 5.30. The molecule has 0 fully saturated rings. The van der Waals surface area contributed by atoms with Gasteiger partial charge in [-0.25, -0.2) is 0 Å². The molecule has 0 aliphatic rings. The fourth-order valence-electron chi connectivity index (χ4n) is 1.75. The zero-order valence-corrected chi connectivity index (χ0v) is 12.0. The van der Waals surface area contributed by atoms with Gasteiger partial charge in [-0.1, -0.05) is 27.2 Å². The quantitative estimate of drug-likeness (QED) is 0.531. The summed E-state index contributed by atoms with van der Waals surface area (Å²) in [6.07, 6.45) is 3.58. The third kappa shape index (κ3) is 9.17. The fourth-order valence-corrected chi connectivity index (χ4v) is 1.75. The minimum atomic E-state index is 0.651. The molecule has 0 radical (unpaired) electrons. The molecule has 0 atom stereocenters. The van der Waals surface area contributed by atoms with Gasteiger partial charge in [-0.2, -0.15) is 0 Å². The molecule has 0 saturated carbocycles. The topological polar surface area (TPSA) is 12.5 Å². The molecule has 16 heavy (non-hydrogen) atoms. The van der Waals surface area contributed by atoms with Crippen molar-refractivity contribution >= 4 is 0 Å². The lowest BCUT2D eigenvalue weighted by Gasteiger charge is -2.28. The Morgan fingerprint density at radius 3 is 2.12 bits per heavy atom. The van der Waals surface area contributed by atoms with Gasteiger partial charge in [-0.3, -0.25) is 0 Å². The molecule has 0 spiro atoms. The van der Waals surface area contributed by atoms with Gasteiger partial charge in [0.05, 0.1) is 0 Å². The van der Waals surface area contributed by atoms with Crippen LogP contribution in [0.4, 0.5) is 0 Å². The molecule has 0 heterocycles. The van der Waals surface area contributed by atoms with Gasteiger partial charge >= 0.3 is 0 Å². The highest BCUT2D eigenvalue weighted by Crippen LogP contribution is 2.05. The summed E-state index contributed by atoms with van der Waals surface area (Å²) in [5.41, 5.74) is 0. The third-order valence-electron chi connectivity index (χ3n) is 2.71. The van der Waals surface area contributed by atoms with E-state index in [-0.39, 0.29) is 0 Å². The molecular weight excluding hydrogens is 198 g/mol. The Hall–Kier alpha value is -0.0800. The Morgan fingerprint density at radius 2 is 1.62 bits per heavy atom. The van der Waals surface area contributed by atoms with Crippen LogP contribution in [-0.2, 0) is 4.74 Å². The number of rotatable bonds is 10. The Labute approximate surface area is 102 Å². The number of unbranched alkanes of at least 4 members (excludes halogenated alkanes) is 1. The predicted octanol–water partition coefficient (Wildman–Crippen LogP) is 3.56. The largest absolute Gasteiger partial charge is 0.381 e. The summed E-state index contributed by atoms with van der Waals surface area (Å²) in [6, 6.07) is 0.651. The van der Waals surface area contributed by atoms with Crippen LogP contribution in [0, 0.1) is 5.92 Å². The number of nitrogens with zero attached hydrogens (tertiary/aromatic N) is 1. The van der Waals surface area contributed by atoms with E-state index in [1.165, 1.54) is 25.9 Å². The summed E-state index contributed by atoms with van der Waals surface area (Å²) in [7, 11) is 0. The van der Waals surface area contributed by atoms with Crippen molar-refractivity contribution in [3.63, 3.8) is 0 Å². The average molecular weight is 229 g/mol. The minimum absolute atomic E-state index is 0.651. The summed E-state index contributed by atoms with van der Waals surface area (Å²) < 4.78 is 5.58. The maximum atomic E-state index is 5.58. The van der Waals surface area contributed by atoms with E-state index < -0.39 is 0 Å². The highest BCUT2D eigenvalue weighted by molar-refractivity contribution is 4.64. The Bertz CT molecular complexity index is 146. The van der Waals surface area contributed by atoms with Gasteiger partial charge in [-0.15, -0.1) is 0 Å². The van der Waals surface area contributed by atoms with Crippen LogP contribution in [0.5, 0.6) is 0 Å². The first kappa shape index (κ1) is 15.9. The first-order chi connectivity index (χ1) is 7.57. The van der Waals surface area contributed by atoms with Crippen molar-refractivity contribution in [3.8, 4) is 0 Å². The molecule has 0 unspecified atom stereocenters. The number of hydrogen-bond donors (Lipinski definition) is 0. The van der Waals surface area contributed by atoms with Crippen molar-refractivity contribution in [2.75, 3.05) is 26.3 Å². The van der Waals surface area contributed by atoms with Crippen LogP contribution in [0.3, 0.4) is 0 Å². The van der Waals surface area contributed by atoms with E-state index in [2.05, 4.69) is 39.5 Å². The molecule has 0 aromatic rings. The summed E-state index contributed by atoms with van der Waals surface area (Å²) >= 11 is 0. The molecule has 2 heteroatoms. The number of hydrogen-bond acceptors (Lipinski definition) is 2. The molecule has 0 rings (SSSR count). The predicted molar refractivity (Wildman–Crippen MR) is 71.9 cm³/mol. The van der Waals surface area contributed by atoms with E-state index in [0.29, 0.717) is 6.04 Å². The van der Waals surface area contributed by atoms with Gasteiger partial charge in [0.2, 0.25) is 0 Å². The lowest BCUT2D eigenvalue weighted by Crippen LogP contribution is -2.35. The Balaban J connectivity index is 3.52. The average Bonchev–Trinajstić information content (AvgIpc) is 2.20. The molecule has 0 aliphatic carbocycles. The third-order valence-corrected chi connectivity index (χ3v) is 2.71. The second kappa shape index (κ2) is 10.1. The zero-order valence-electron chi connectivity index (χ0n) is 12.0. The first-order valence-corrected chi connectivity index (χ1v) is 6.89. The summed E-state index contributed by atoms with van der Waals surface area (Å²) in [5.74, 6) is 0.753. The minimum Gasteiger partial charge on any atom is -0.381 e. The van der Waals surface area contributed by atoms with Crippen molar-refractivity contribution in [2.24, 2.45) is 5.92 Å². The molecule has 0 amide bonds. The van der Waals surface area contributed by atoms with Gasteiger partial charge in [0, 0.05) is 32.3 Å². The van der Waals surface area contributed by atoms with Gasteiger partial charge in [0.1, 0.15) is 0 Å². The van der Waals surface area contributed by atoms with E-state index in [1.54, 1.807) is 0 Å². The summed E-state index contributed by atoms with van der Waals surface area (Å²) in [4.78, 5) is 2.55. The van der Waals surface area contributed by atoms with E-state index in [4.69, 9.17) is 4.74 Å². The molecular formula is C14H31NO. The van der Waals surface area contributed by atoms with Crippen molar-refractivity contribution < 1.29 is 4.74 Å². The highest BCUT2D eigenvalue weighted by atomic mass is 16.5. The van der Waals surface area contributed by atoms with E-state index in [9.17, 15) is 0 Å². The monoisotopic (exact) mass is 229 g/mol. The fraction of sp³-hybridized carbons (Fsp3) is 1.00. The van der Waals surface area contributed by atoms with Gasteiger partial charge in [-0.05, 0) is 32.6 Å². The number of ether oxygens (including phenoxy) is 1. The van der Waals surface area contributed by atoms with Gasteiger partial charge in [0.15, 0.2) is 0 Å². The van der Waals surface area contributed by atoms with Crippen LogP contribution < -0.4 is 0 Å². The van der Waals surface area contributed by atoms with Crippen LogP contribution in [0.1, 0.15) is 53.9 Å². The smallest absolute Gasteiger partial charge is 0.0478 e. The van der Waals surface area contributed by atoms with Crippen LogP contribution in [0.25, 0.3) is 0 Å². The van der Waals surface area contributed by atoms with Gasteiger partial charge in [0.25, 0.3) is 0 Å². The van der Waals surface area contributed by atoms with Crippen LogP contribution in [0.15, 0.2) is 0 Å². The zero-order chi connectivity index (χ0) is 12.4. The molecule has 0 N–H and O–H groups in total. The van der Waals surface area contributed by atoms with Crippen LogP contribution in [-0.4, -0.2) is 37.2 Å². The maximum Gasteiger partial charge on any atom is 0.0478 e. The summed E-state index contributed by atoms with van der Waals surface area (Å²) in [6.45, 7) is 15.5. The normalized spacial score (nSPS) is 12.0. The lowest BCUT2D eigenvalue weighted by molar-refractivity contribution is 0.109. The summed E-state index contributed by atoms with van der Waals surface area (Å²) in [5, 5.41) is 0. The van der Waals surface area contributed by atoms with Crippen molar-refractivity contribution in [1.82, 2.24) is 4.90 Å². The standard InChI is InChI=1S/C14H31NO/c1-6-7-10-16-11-8-9-15(14(4)5)12-13(2)3/h13-14H,6-12H2,1-5H3. The molecule has 0 aliphatic heterocycles. The lowest BCUT2D eigenvalue weighted by atomic mass is 10.1. The molecule has 2 nitrogen and oxygen atoms in total. The van der Waals surface area contributed by atoms with E-state index in [0.717, 1.165) is 25.6 Å². The van der Waals surface area contributed by atoms with E-state index in [1.807, 2.05) is 0 Å². The van der Waals surface area contributed by atoms with Crippen molar-refractivity contribution in [2.45, 2.75) is 59.9 Å². The highest BCUT2D eigenvalue weighted by Gasteiger charge is 2.10. The van der Waals surface area contributed by atoms with Crippen LogP contribution >= 0.6 is 0 Å². The molecule has 98 valence electrons. The van der Waals surface area contributed by atoms with E-state index >= 15 is 0 Å². The maximum absolute atomic E-state index is 5.58. The molecule has 0 bridgehead atoms. The van der Waals surface area contributed by atoms with Crippen molar-refractivity contribution in [3.05, 3.63) is 0 Å². The Morgan fingerprint density at radius 1 is 1.00 bits per heavy atom. The second-order valence-corrected chi connectivity index (χ2v) is 5.30. The SMILES string of the molecule is CCCCOCCCN(CC(C)C)C(C)C. The molecule has 0 saturated heterocycles. The first-order valence-electron chi connectivity index (χ1n) is 6.89. The Kier molecular flexibility index (Phi) is 10.0. The van der Waals surface area contributed by atoms with Crippen molar-refractivity contribution in [1.29, 1.82) is 0 Å². The van der Waals surface area contributed by atoms with Gasteiger partial charge < -0.3 is 9.64 Å².